The SMILES string of the molecule is Cn1cc(N2CCN(c3cncc(-n4cccn4)n3)CC2)cn1. The van der Waals surface area contributed by atoms with Crippen molar-refractivity contribution in [3.63, 3.8) is 0 Å². The molecule has 4 heterocycles. The van der Waals surface area contributed by atoms with E-state index in [2.05, 4.69) is 30.0 Å². The first-order chi connectivity index (χ1) is 11.3. The Balaban J connectivity index is 1.47. The smallest absolute Gasteiger partial charge is 0.173 e. The van der Waals surface area contributed by atoms with Crippen LogP contribution < -0.4 is 9.80 Å². The van der Waals surface area contributed by atoms with Gasteiger partial charge in [0.2, 0.25) is 0 Å². The Morgan fingerprint density at radius 3 is 2.39 bits per heavy atom. The molecule has 1 fully saturated rings. The second kappa shape index (κ2) is 5.71. The van der Waals surface area contributed by atoms with Gasteiger partial charge in [-0.15, -0.1) is 0 Å². The van der Waals surface area contributed by atoms with Crippen LogP contribution in [0.15, 0.2) is 43.2 Å². The normalized spacial score (nSPS) is 15.2. The molecule has 0 radical (unpaired) electrons. The lowest BCUT2D eigenvalue weighted by molar-refractivity contribution is 0.644. The van der Waals surface area contributed by atoms with Crippen molar-refractivity contribution in [2.24, 2.45) is 7.05 Å². The van der Waals surface area contributed by atoms with Gasteiger partial charge in [0, 0.05) is 51.8 Å². The average Bonchev–Trinajstić information content (AvgIpc) is 3.27. The summed E-state index contributed by atoms with van der Waals surface area (Å²) in [5.74, 6) is 1.63. The number of rotatable bonds is 3. The summed E-state index contributed by atoms with van der Waals surface area (Å²) in [5.41, 5.74) is 1.17. The highest BCUT2D eigenvalue weighted by molar-refractivity contribution is 5.47. The van der Waals surface area contributed by atoms with Gasteiger partial charge in [0.05, 0.1) is 24.3 Å². The maximum Gasteiger partial charge on any atom is 0.173 e. The Labute approximate surface area is 134 Å². The standard InChI is InChI=1S/C15H18N8/c1-20-12-13(9-18-20)21-5-7-22(8-6-21)14-10-16-11-15(19-14)23-4-2-3-17-23/h2-4,9-12H,5-8H2,1H3. The minimum atomic E-state index is 0.738. The Morgan fingerprint density at radius 2 is 1.70 bits per heavy atom. The van der Waals surface area contributed by atoms with Gasteiger partial charge in [-0.25, -0.2) is 9.67 Å². The molecule has 0 N–H and O–H groups in total. The molecule has 0 spiro atoms. The van der Waals surface area contributed by atoms with E-state index in [9.17, 15) is 0 Å². The zero-order valence-corrected chi connectivity index (χ0v) is 12.9. The third-order valence-electron chi connectivity index (χ3n) is 4.01. The lowest BCUT2D eigenvalue weighted by atomic mass is 10.3. The maximum atomic E-state index is 4.67. The number of nitrogens with zero attached hydrogens (tertiary/aromatic N) is 8. The lowest BCUT2D eigenvalue weighted by Gasteiger charge is -2.35. The van der Waals surface area contributed by atoms with E-state index >= 15 is 0 Å². The van der Waals surface area contributed by atoms with Crippen LogP contribution in [0.25, 0.3) is 5.82 Å². The van der Waals surface area contributed by atoms with Crippen molar-refractivity contribution in [2.45, 2.75) is 0 Å². The summed E-state index contributed by atoms with van der Waals surface area (Å²) in [4.78, 5) is 13.6. The second-order valence-electron chi connectivity index (χ2n) is 5.53. The van der Waals surface area contributed by atoms with Crippen molar-refractivity contribution in [1.29, 1.82) is 0 Å². The van der Waals surface area contributed by atoms with Crippen LogP contribution in [-0.4, -0.2) is 55.7 Å². The molecular formula is C15H18N8. The van der Waals surface area contributed by atoms with Crippen LogP contribution >= 0.6 is 0 Å². The summed E-state index contributed by atoms with van der Waals surface area (Å²) >= 11 is 0. The maximum absolute atomic E-state index is 4.67. The molecule has 23 heavy (non-hydrogen) atoms. The molecule has 0 unspecified atom stereocenters. The van der Waals surface area contributed by atoms with Gasteiger partial charge in [-0.05, 0) is 6.07 Å². The van der Waals surface area contributed by atoms with E-state index < -0.39 is 0 Å². The zero-order chi connectivity index (χ0) is 15.6. The first kappa shape index (κ1) is 13.7. The first-order valence-corrected chi connectivity index (χ1v) is 7.60. The lowest BCUT2D eigenvalue weighted by Crippen LogP contribution is -2.46. The second-order valence-corrected chi connectivity index (χ2v) is 5.53. The van der Waals surface area contributed by atoms with Gasteiger partial charge < -0.3 is 9.80 Å². The quantitative estimate of drug-likeness (QED) is 0.710. The molecule has 0 saturated carbocycles. The summed E-state index contributed by atoms with van der Waals surface area (Å²) in [5, 5.41) is 8.44. The van der Waals surface area contributed by atoms with Gasteiger partial charge in [-0.3, -0.25) is 9.67 Å². The molecule has 0 aromatic carbocycles. The summed E-state index contributed by atoms with van der Waals surface area (Å²) in [6.45, 7) is 3.71. The summed E-state index contributed by atoms with van der Waals surface area (Å²) in [6.07, 6.45) is 11.1. The number of anilines is 2. The Kier molecular flexibility index (Phi) is 3.41. The number of aryl methyl sites for hydroxylation is 1. The van der Waals surface area contributed by atoms with Gasteiger partial charge in [0.25, 0.3) is 0 Å². The average molecular weight is 310 g/mol. The Bertz CT molecular complexity index is 770. The molecule has 0 bridgehead atoms. The monoisotopic (exact) mass is 310 g/mol. The van der Waals surface area contributed by atoms with E-state index in [0.717, 1.165) is 37.8 Å². The van der Waals surface area contributed by atoms with Crippen LogP contribution in [0.1, 0.15) is 0 Å². The van der Waals surface area contributed by atoms with Crippen molar-refractivity contribution in [1.82, 2.24) is 29.5 Å². The van der Waals surface area contributed by atoms with Crippen LogP contribution in [0.2, 0.25) is 0 Å². The molecule has 0 amide bonds. The molecule has 0 atom stereocenters. The highest BCUT2D eigenvalue weighted by atomic mass is 15.3. The molecule has 0 aliphatic carbocycles. The Hall–Kier alpha value is -2.90. The highest BCUT2D eigenvalue weighted by Crippen LogP contribution is 2.18. The minimum absolute atomic E-state index is 0.738. The van der Waals surface area contributed by atoms with Crippen molar-refractivity contribution >= 4 is 11.5 Å². The van der Waals surface area contributed by atoms with Gasteiger partial charge in [0.1, 0.15) is 5.82 Å². The molecule has 8 nitrogen and oxygen atoms in total. The molecule has 3 aromatic heterocycles. The van der Waals surface area contributed by atoms with Crippen LogP contribution in [0.3, 0.4) is 0 Å². The van der Waals surface area contributed by atoms with Gasteiger partial charge in [0.15, 0.2) is 5.82 Å². The number of hydrogen-bond acceptors (Lipinski definition) is 6. The predicted octanol–water partition coefficient (Wildman–Crippen LogP) is 0.722. The zero-order valence-electron chi connectivity index (χ0n) is 12.9. The van der Waals surface area contributed by atoms with Gasteiger partial charge in [-0.2, -0.15) is 10.2 Å². The van der Waals surface area contributed by atoms with E-state index in [-0.39, 0.29) is 0 Å². The van der Waals surface area contributed by atoms with E-state index in [0.29, 0.717) is 0 Å². The van der Waals surface area contributed by atoms with Crippen LogP contribution in [0.5, 0.6) is 0 Å². The van der Waals surface area contributed by atoms with Crippen LogP contribution in [0.4, 0.5) is 11.5 Å². The highest BCUT2D eigenvalue weighted by Gasteiger charge is 2.19. The summed E-state index contributed by atoms with van der Waals surface area (Å²) in [6, 6.07) is 1.88. The van der Waals surface area contributed by atoms with Crippen molar-refractivity contribution in [2.75, 3.05) is 36.0 Å². The molecule has 4 rings (SSSR count). The molecule has 118 valence electrons. The minimum Gasteiger partial charge on any atom is -0.365 e. The molecule has 3 aromatic rings. The van der Waals surface area contributed by atoms with Gasteiger partial charge >= 0.3 is 0 Å². The van der Waals surface area contributed by atoms with Crippen molar-refractivity contribution in [3.05, 3.63) is 43.2 Å². The topological polar surface area (TPSA) is 67.9 Å². The largest absolute Gasteiger partial charge is 0.365 e. The number of hydrogen-bond donors (Lipinski definition) is 0. The molecule has 1 aliphatic heterocycles. The van der Waals surface area contributed by atoms with Gasteiger partial charge in [-0.1, -0.05) is 0 Å². The third-order valence-corrected chi connectivity index (χ3v) is 4.01. The molecule has 1 saturated heterocycles. The van der Waals surface area contributed by atoms with E-state index in [1.54, 1.807) is 17.1 Å². The first-order valence-electron chi connectivity index (χ1n) is 7.60. The Morgan fingerprint density at radius 1 is 0.913 bits per heavy atom. The van der Waals surface area contributed by atoms with E-state index in [1.165, 1.54) is 5.69 Å². The van der Waals surface area contributed by atoms with E-state index in [1.807, 2.05) is 42.6 Å². The fourth-order valence-electron chi connectivity index (χ4n) is 2.78. The molecule has 8 heteroatoms. The van der Waals surface area contributed by atoms with Crippen LogP contribution in [-0.2, 0) is 7.05 Å². The number of aromatic nitrogens is 6. The summed E-state index contributed by atoms with van der Waals surface area (Å²) in [7, 11) is 1.94. The predicted molar refractivity (Wildman–Crippen MR) is 86.8 cm³/mol. The molecule has 1 aliphatic rings. The molecular weight excluding hydrogens is 292 g/mol. The summed E-state index contributed by atoms with van der Waals surface area (Å²) < 4.78 is 3.56. The van der Waals surface area contributed by atoms with Crippen molar-refractivity contribution in [3.8, 4) is 5.82 Å². The third kappa shape index (κ3) is 2.75. The van der Waals surface area contributed by atoms with Crippen LogP contribution in [0, 0.1) is 0 Å². The fraction of sp³-hybridized carbons (Fsp3) is 0.333. The number of piperazine rings is 1. The van der Waals surface area contributed by atoms with E-state index in [4.69, 9.17) is 0 Å². The fourth-order valence-corrected chi connectivity index (χ4v) is 2.78. The van der Waals surface area contributed by atoms with Crippen molar-refractivity contribution < 1.29 is 0 Å².